The first-order valence-corrected chi connectivity index (χ1v) is 10.1. The maximum absolute atomic E-state index is 12.9. The van der Waals surface area contributed by atoms with Crippen LogP contribution in [0.2, 0.25) is 0 Å². The molecule has 1 aliphatic rings. The average Bonchev–Trinajstić information content (AvgIpc) is 2.79. The van der Waals surface area contributed by atoms with E-state index >= 15 is 0 Å². The second kappa shape index (κ2) is 8.96. The van der Waals surface area contributed by atoms with Gasteiger partial charge in [-0.3, -0.25) is 4.79 Å². The molecule has 30 heavy (non-hydrogen) atoms. The van der Waals surface area contributed by atoms with Crippen molar-refractivity contribution in [2.24, 2.45) is 0 Å². The molecule has 1 N–H and O–H groups in total. The zero-order valence-corrected chi connectivity index (χ0v) is 17.3. The highest BCUT2D eigenvalue weighted by Gasteiger charge is 2.17. The number of aromatic nitrogens is 1. The second-order valence-electron chi connectivity index (χ2n) is 6.29. The van der Waals surface area contributed by atoms with Crippen LogP contribution in [0, 0.1) is 0 Å². The first-order chi connectivity index (χ1) is 14.7. The normalized spacial score (nSPS) is 12.2. The van der Waals surface area contributed by atoms with Gasteiger partial charge in [0.15, 0.2) is 23.0 Å². The molecule has 0 radical (unpaired) electrons. The van der Waals surface area contributed by atoms with Crippen molar-refractivity contribution < 1.29 is 23.7 Å². The van der Waals surface area contributed by atoms with Crippen molar-refractivity contribution in [3.63, 3.8) is 0 Å². The molecular weight excluding hydrogens is 404 g/mol. The van der Waals surface area contributed by atoms with Gasteiger partial charge in [-0.05, 0) is 42.5 Å². The number of fused-ring (bicyclic) bond motifs is 1. The van der Waals surface area contributed by atoms with Gasteiger partial charge in [-0.2, -0.15) is 0 Å². The Morgan fingerprint density at radius 1 is 1.00 bits per heavy atom. The molecule has 4 rings (SSSR count). The van der Waals surface area contributed by atoms with E-state index in [1.165, 1.54) is 11.8 Å². The SMILES string of the molecule is COc1ccc(NC(=O)c2cccnc2Sc2ccc3c(c2)OCCO3)cc1OC. The van der Waals surface area contributed by atoms with Gasteiger partial charge in [0.2, 0.25) is 0 Å². The summed E-state index contributed by atoms with van der Waals surface area (Å²) in [6.45, 7) is 1.06. The average molecular weight is 424 g/mol. The van der Waals surface area contributed by atoms with Gasteiger partial charge in [-0.15, -0.1) is 0 Å². The van der Waals surface area contributed by atoms with Gasteiger partial charge in [0.1, 0.15) is 18.2 Å². The smallest absolute Gasteiger partial charge is 0.258 e. The summed E-state index contributed by atoms with van der Waals surface area (Å²) in [6, 6.07) is 14.4. The van der Waals surface area contributed by atoms with Crippen LogP contribution in [0.1, 0.15) is 10.4 Å². The quantitative estimate of drug-likeness (QED) is 0.633. The van der Waals surface area contributed by atoms with Crippen LogP contribution in [0.5, 0.6) is 23.0 Å². The Morgan fingerprint density at radius 3 is 2.60 bits per heavy atom. The van der Waals surface area contributed by atoms with Gasteiger partial charge in [-0.25, -0.2) is 4.98 Å². The number of hydrogen-bond acceptors (Lipinski definition) is 7. The van der Waals surface area contributed by atoms with Crippen LogP contribution in [0.15, 0.2) is 64.6 Å². The number of benzene rings is 2. The van der Waals surface area contributed by atoms with Gasteiger partial charge < -0.3 is 24.3 Å². The van der Waals surface area contributed by atoms with Crippen molar-refractivity contribution in [3.05, 3.63) is 60.3 Å². The van der Waals surface area contributed by atoms with Gasteiger partial charge in [-0.1, -0.05) is 11.8 Å². The highest BCUT2D eigenvalue weighted by molar-refractivity contribution is 7.99. The molecule has 0 saturated carbocycles. The predicted molar refractivity (Wildman–Crippen MR) is 113 cm³/mol. The van der Waals surface area contributed by atoms with Crippen molar-refractivity contribution in [3.8, 4) is 23.0 Å². The van der Waals surface area contributed by atoms with Crippen LogP contribution in [0.25, 0.3) is 0 Å². The summed E-state index contributed by atoms with van der Waals surface area (Å²) in [6.07, 6.45) is 1.66. The molecule has 0 bridgehead atoms. The van der Waals surface area contributed by atoms with E-state index in [1.54, 1.807) is 50.7 Å². The van der Waals surface area contributed by atoms with Crippen molar-refractivity contribution in [1.29, 1.82) is 0 Å². The molecule has 0 fully saturated rings. The fourth-order valence-electron chi connectivity index (χ4n) is 2.96. The minimum Gasteiger partial charge on any atom is -0.493 e. The maximum atomic E-state index is 12.9. The van der Waals surface area contributed by atoms with Crippen molar-refractivity contribution in [2.75, 3.05) is 32.8 Å². The largest absolute Gasteiger partial charge is 0.493 e. The molecule has 0 saturated heterocycles. The fraction of sp³-hybridized carbons (Fsp3) is 0.182. The summed E-state index contributed by atoms with van der Waals surface area (Å²) < 4.78 is 21.7. The number of carbonyl (C=O) groups excluding carboxylic acids is 1. The number of ether oxygens (including phenoxy) is 4. The molecule has 1 aromatic heterocycles. The third-order valence-corrected chi connectivity index (χ3v) is 5.39. The summed E-state index contributed by atoms with van der Waals surface area (Å²) >= 11 is 1.39. The summed E-state index contributed by atoms with van der Waals surface area (Å²) in [7, 11) is 3.11. The summed E-state index contributed by atoms with van der Waals surface area (Å²) in [5.41, 5.74) is 1.06. The van der Waals surface area contributed by atoms with Crippen molar-refractivity contribution in [2.45, 2.75) is 9.92 Å². The molecule has 1 amide bonds. The minimum atomic E-state index is -0.268. The summed E-state index contributed by atoms with van der Waals surface area (Å²) in [4.78, 5) is 18.2. The molecule has 0 aliphatic carbocycles. The van der Waals surface area contributed by atoms with E-state index in [2.05, 4.69) is 10.3 Å². The number of carbonyl (C=O) groups is 1. The number of nitrogens with zero attached hydrogens (tertiary/aromatic N) is 1. The number of rotatable bonds is 6. The monoisotopic (exact) mass is 424 g/mol. The summed E-state index contributed by atoms with van der Waals surface area (Å²) in [5.74, 6) is 2.27. The van der Waals surface area contributed by atoms with Crippen LogP contribution in [-0.4, -0.2) is 38.3 Å². The molecule has 0 atom stereocenters. The van der Waals surface area contributed by atoms with Gasteiger partial charge in [0.25, 0.3) is 5.91 Å². The van der Waals surface area contributed by atoms with Gasteiger partial charge in [0.05, 0.1) is 19.8 Å². The Morgan fingerprint density at radius 2 is 1.80 bits per heavy atom. The zero-order chi connectivity index (χ0) is 20.9. The Kier molecular flexibility index (Phi) is 5.94. The van der Waals surface area contributed by atoms with E-state index in [0.29, 0.717) is 46.7 Å². The lowest BCUT2D eigenvalue weighted by Crippen LogP contribution is -2.15. The molecule has 154 valence electrons. The van der Waals surface area contributed by atoms with E-state index in [0.717, 1.165) is 10.6 Å². The molecule has 0 spiro atoms. The third kappa shape index (κ3) is 4.28. The lowest BCUT2D eigenvalue weighted by molar-refractivity contribution is 0.102. The molecular formula is C22H20N2O5S. The second-order valence-corrected chi connectivity index (χ2v) is 7.35. The van der Waals surface area contributed by atoms with Crippen LogP contribution >= 0.6 is 11.8 Å². The number of anilines is 1. The Labute approximate surface area is 178 Å². The minimum absolute atomic E-state index is 0.268. The molecule has 2 aromatic carbocycles. The van der Waals surface area contributed by atoms with Crippen molar-refractivity contribution in [1.82, 2.24) is 4.98 Å². The first kappa shape index (κ1) is 19.9. The predicted octanol–water partition coefficient (Wildman–Crippen LogP) is 4.27. The van der Waals surface area contributed by atoms with Gasteiger partial charge >= 0.3 is 0 Å². The summed E-state index contributed by atoms with van der Waals surface area (Å²) in [5, 5.41) is 3.48. The number of hydrogen-bond donors (Lipinski definition) is 1. The maximum Gasteiger partial charge on any atom is 0.258 e. The Balaban J connectivity index is 1.55. The van der Waals surface area contributed by atoms with Crippen LogP contribution in [0.3, 0.4) is 0 Å². The van der Waals surface area contributed by atoms with E-state index in [-0.39, 0.29) is 5.91 Å². The standard InChI is InChI=1S/C22H20N2O5S/c1-26-17-7-5-14(12-19(17)27-2)24-21(25)16-4-3-9-23-22(16)30-15-6-8-18-20(13-15)29-11-10-28-18/h3-9,12-13H,10-11H2,1-2H3,(H,24,25). The zero-order valence-electron chi connectivity index (χ0n) is 16.5. The number of methoxy groups -OCH3 is 2. The molecule has 1 aliphatic heterocycles. The molecule has 7 nitrogen and oxygen atoms in total. The lowest BCUT2D eigenvalue weighted by Gasteiger charge is -2.18. The van der Waals surface area contributed by atoms with E-state index in [4.69, 9.17) is 18.9 Å². The Hall–Kier alpha value is -3.39. The van der Waals surface area contributed by atoms with E-state index in [1.807, 2.05) is 18.2 Å². The number of nitrogens with one attached hydrogen (secondary N) is 1. The fourth-order valence-corrected chi connectivity index (χ4v) is 3.87. The molecule has 3 aromatic rings. The Bertz CT molecular complexity index is 1070. The van der Waals surface area contributed by atoms with Crippen LogP contribution in [0.4, 0.5) is 5.69 Å². The van der Waals surface area contributed by atoms with Crippen molar-refractivity contribution >= 4 is 23.4 Å². The first-order valence-electron chi connectivity index (χ1n) is 9.24. The number of pyridine rings is 1. The third-order valence-electron chi connectivity index (χ3n) is 4.39. The highest BCUT2D eigenvalue weighted by Crippen LogP contribution is 2.37. The van der Waals surface area contributed by atoms with Crippen LogP contribution < -0.4 is 24.3 Å². The molecule has 2 heterocycles. The van der Waals surface area contributed by atoms with Gasteiger partial charge in [0, 0.05) is 22.8 Å². The van der Waals surface area contributed by atoms with E-state index < -0.39 is 0 Å². The lowest BCUT2D eigenvalue weighted by atomic mass is 10.2. The van der Waals surface area contributed by atoms with Crippen LogP contribution in [-0.2, 0) is 0 Å². The van der Waals surface area contributed by atoms with E-state index in [9.17, 15) is 4.79 Å². The molecule has 0 unspecified atom stereocenters. The number of amides is 1. The highest BCUT2D eigenvalue weighted by atomic mass is 32.2. The topological polar surface area (TPSA) is 78.9 Å². The molecule has 8 heteroatoms.